The summed E-state index contributed by atoms with van der Waals surface area (Å²) in [5.74, 6) is 1.38. The monoisotopic (exact) mass is 579 g/mol. The summed E-state index contributed by atoms with van der Waals surface area (Å²) in [6, 6.07) is 0. The SMILES string of the molecule is CCN1Cc2c(c(OC(C)C)nn2C[C@H](C)O)/C=C/c2cnc3c(N)nc(cn23)-c2c(COC)nn(C)c2O[C@@H](C)C1. The molecular weight excluding hydrogens is 538 g/mol. The van der Waals surface area contributed by atoms with E-state index >= 15 is 0 Å². The van der Waals surface area contributed by atoms with Crippen molar-refractivity contribution in [1.29, 1.82) is 0 Å². The van der Waals surface area contributed by atoms with Crippen LogP contribution in [0.25, 0.3) is 29.1 Å². The number of aromatic nitrogens is 7. The molecule has 0 amide bonds. The van der Waals surface area contributed by atoms with Gasteiger partial charge in [-0.3, -0.25) is 14.0 Å². The Bertz CT molecular complexity index is 1580. The highest BCUT2D eigenvalue weighted by Crippen LogP contribution is 2.35. The number of methoxy groups -OCH3 is 1. The van der Waals surface area contributed by atoms with Gasteiger partial charge in [-0.1, -0.05) is 6.92 Å². The second kappa shape index (κ2) is 12.1. The lowest BCUT2D eigenvalue weighted by molar-refractivity contribution is 0.131. The Morgan fingerprint density at radius 2 is 2.00 bits per heavy atom. The Hall–Kier alpha value is -3.94. The molecule has 5 rings (SSSR count). The fraction of sp³-hybridized carbons (Fsp3) is 0.517. The van der Waals surface area contributed by atoms with Crippen LogP contribution in [-0.4, -0.2) is 82.4 Å². The molecule has 0 spiro atoms. The van der Waals surface area contributed by atoms with Gasteiger partial charge in [0.05, 0.1) is 59.8 Å². The summed E-state index contributed by atoms with van der Waals surface area (Å²) in [5.41, 5.74) is 11.6. The maximum Gasteiger partial charge on any atom is 0.240 e. The highest BCUT2D eigenvalue weighted by atomic mass is 16.5. The van der Waals surface area contributed by atoms with Gasteiger partial charge in [0, 0.05) is 33.4 Å². The zero-order valence-electron chi connectivity index (χ0n) is 25.4. The van der Waals surface area contributed by atoms with Gasteiger partial charge in [-0.05, 0) is 46.4 Å². The van der Waals surface area contributed by atoms with Gasteiger partial charge >= 0.3 is 0 Å². The minimum absolute atomic E-state index is 0.0812. The molecule has 5 heterocycles. The predicted molar refractivity (Wildman–Crippen MR) is 160 cm³/mol. The van der Waals surface area contributed by atoms with Crippen LogP contribution in [-0.2, 0) is 31.5 Å². The molecule has 226 valence electrons. The molecule has 1 aliphatic rings. The topological polar surface area (TPSA) is 143 Å². The molecule has 42 heavy (non-hydrogen) atoms. The Morgan fingerprint density at radius 1 is 1.21 bits per heavy atom. The molecule has 0 saturated heterocycles. The van der Waals surface area contributed by atoms with Crippen molar-refractivity contribution in [2.45, 2.75) is 72.6 Å². The van der Waals surface area contributed by atoms with E-state index in [0.29, 0.717) is 48.4 Å². The molecule has 0 fully saturated rings. The van der Waals surface area contributed by atoms with Crippen molar-refractivity contribution in [2.24, 2.45) is 7.05 Å². The summed E-state index contributed by atoms with van der Waals surface area (Å²) < 4.78 is 23.7. The fourth-order valence-corrected chi connectivity index (χ4v) is 5.28. The Kier molecular flexibility index (Phi) is 8.53. The number of hydrogen-bond donors (Lipinski definition) is 2. The molecular formula is C29H41N9O4. The van der Waals surface area contributed by atoms with Crippen LogP contribution >= 0.6 is 0 Å². The number of hydrogen-bond acceptors (Lipinski definition) is 10. The molecule has 0 radical (unpaired) electrons. The lowest BCUT2D eigenvalue weighted by atomic mass is 10.1. The lowest BCUT2D eigenvalue weighted by Crippen LogP contribution is -2.35. The van der Waals surface area contributed by atoms with Gasteiger partial charge < -0.3 is 25.1 Å². The zero-order chi connectivity index (χ0) is 30.1. The number of rotatable bonds is 7. The first-order valence-corrected chi connectivity index (χ1v) is 14.3. The van der Waals surface area contributed by atoms with Crippen molar-refractivity contribution < 1.29 is 19.3 Å². The summed E-state index contributed by atoms with van der Waals surface area (Å²) in [6.07, 6.45) is 6.75. The van der Waals surface area contributed by atoms with Gasteiger partial charge in [0.2, 0.25) is 11.8 Å². The van der Waals surface area contributed by atoms with Gasteiger partial charge in [0.25, 0.3) is 0 Å². The summed E-state index contributed by atoms with van der Waals surface area (Å²) in [6.45, 7) is 12.4. The molecule has 13 nitrogen and oxygen atoms in total. The molecule has 2 bridgehead atoms. The number of likely N-dealkylation sites (N-methyl/N-ethyl adjacent to an activating group) is 1. The van der Waals surface area contributed by atoms with E-state index in [0.717, 1.165) is 29.1 Å². The molecule has 3 N–H and O–H groups in total. The van der Waals surface area contributed by atoms with Gasteiger partial charge in [-0.25, -0.2) is 14.6 Å². The van der Waals surface area contributed by atoms with E-state index < -0.39 is 6.10 Å². The van der Waals surface area contributed by atoms with Crippen molar-refractivity contribution in [3.8, 4) is 23.0 Å². The molecule has 0 aliphatic carbocycles. The first-order chi connectivity index (χ1) is 20.1. The third-order valence-electron chi connectivity index (χ3n) is 7.07. The molecule has 2 atom stereocenters. The highest BCUT2D eigenvalue weighted by molar-refractivity contribution is 5.77. The lowest BCUT2D eigenvalue weighted by Gasteiger charge is -2.26. The van der Waals surface area contributed by atoms with E-state index in [1.807, 2.05) is 55.3 Å². The normalized spacial score (nSPS) is 17.5. The van der Waals surface area contributed by atoms with Gasteiger partial charge in [0.1, 0.15) is 11.8 Å². The van der Waals surface area contributed by atoms with Crippen LogP contribution < -0.4 is 15.2 Å². The molecule has 13 heteroatoms. The summed E-state index contributed by atoms with van der Waals surface area (Å²) >= 11 is 0. The van der Waals surface area contributed by atoms with Gasteiger partial charge in [-0.2, -0.15) is 5.10 Å². The van der Waals surface area contributed by atoms with Crippen LogP contribution in [0.2, 0.25) is 0 Å². The van der Waals surface area contributed by atoms with Crippen LogP contribution in [0, 0.1) is 0 Å². The second-order valence-electron chi connectivity index (χ2n) is 11.0. The van der Waals surface area contributed by atoms with E-state index in [9.17, 15) is 5.11 Å². The maximum absolute atomic E-state index is 10.3. The summed E-state index contributed by atoms with van der Waals surface area (Å²) in [5, 5.41) is 19.8. The van der Waals surface area contributed by atoms with Crippen molar-refractivity contribution in [2.75, 3.05) is 25.9 Å². The van der Waals surface area contributed by atoms with Crippen LogP contribution in [0.1, 0.15) is 57.3 Å². The van der Waals surface area contributed by atoms with Crippen molar-refractivity contribution in [1.82, 2.24) is 38.8 Å². The third-order valence-corrected chi connectivity index (χ3v) is 7.07. The average Bonchev–Trinajstić information content (AvgIpc) is 3.55. The van der Waals surface area contributed by atoms with Gasteiger partial charge in [0.15, 0.2) is 11.5 Å². The predicted octanol–water partition coefficient (Wildman–Crippen LogP) is 3.00. The van der Waals surface area contributed by atoms with Crippen LogP contribution in [0.4, 0.5) is 5.82 Å². The first-order valence-electron chi connectivity index (χ1n) is 14.3. The summed E-state index contributed by atoms with van der Waals surface area (Å²) in [4.78, 5) is 11.5. The molecule has 1 aliphatic heterocycles. The number of nitrogens with two attached hydrogens (primary N) is 1. The number of aliphatic hydroxyl groups is 1. The van der Waals surface area contributed by atoms with E-state index in [4.69, 9.17) is 35.1 Å². The quantitative estimate of drug-likeness (QED) is 0.335. The number of ether oxygens (including phenoxy) is 3. The highest BCUT2D eigenvalue weighted by Gasteiger charge is 2.26. The minimum Gasteiger partial charge on any atom is -0.473 e. The number of imidazole rings is 1. The molecule has 0 saturated carbocycles. The Balaban J connectivity index is 1.75. The van der Waals surface area contributed by atoms with Crippen molar-refractivity contribution >= 4 is 23.6 Å². The smallest absolute Gasteiger partial charge is 0.240 e. The number of aliphatic hydroxyl groups excluding tert-OH is 1. The molecule has 4 aromatic heterocycles. The van der Waals surface area contributed by atoms with E-state index in [1.54, 1.807) is 24.9 Å². The van der Waals surface area contributed by atoms with E-state index in [-0.39, 0.29) is 24.6 Å². The second-order valence-corrected chi connectivity index (χ2v) is 11.0. The minimum atomic E-state index is -0.587. The number of nitrogen functional groups attached to an aromatic ring is 1. The van der Waals surface area contributed by atoms with Crippen molar-refractivity contribution in [3.63, 3.8) is 0 Å². The maximum atomic E-state index is 10.3. The van der Waals surface area contributed by atoms with Crippen LogP contribution in [0.5, 0.6) is 11.8 Å². The number of nitrogens with zero attached hydrogens (tertiary/aromatic N) is 8. The third kappa shape index (κ3) is 5.85. The molecule has 4 aromatic rings. The molecule has 0 unspecified atom stereocenters. The Labute approximate surface area is 245 Å². The first kappa shape index (κ1) is 29.5. The van der Waals surface area contributed by atoms with Crippen molar-refractivity contribution in [3.05, 3.63) is 35.0 Å². The number of anilines is 1. The van der Waals surface area contributed by atoms with Gasteiger partial charge in [-0.15, -0.1) is 5.10 Å². The van der Waals surface area contributed by atoms with E-state index in [1.165, 1.54) is 0 Å². The largest absolute Gasteiger partial charge is 0.473 e. The summed E-state index contributed by atoms with van der Waals surface area (Å²) in [7, 11) is 3.48. The standard InChI is InChI=1S/C29H41N9O4/c1-8-36-13-19(5)42-29-25(23(16-40-7)33-35(29)6)22-14-37-20(11-31-27(37)26(30)32-22)9-10-21-24(15-36)38(12-18(4)39)34-28(21)41-17(2)3/h9-11,14,17-19,39H,8,12-13,15-16H2,1-7H3,(H2,30,32)/b10-9+/t18-,19-/m0/s1. The van der Waals surface area contributed by atoms with E-state index in [2.05, 4.69) is 16.8 Å². The Morgan fingerprint density at radius 3 is 2.69 bits per heavy atom. The van der Waals surface area contributed by atoms with Crippen LogP contribution in [0.3, 0.4) is 0 Å². The number of fused-ring (bicyclic) bond motifs is 4. The zero-order valence-corrected chi connectivity index (χ0v) is 25.4. The average molecular weight is 580 g/mol. The van der Waals surface area contributed by atoms with Crippen LogP contribution in [0.15, 0.2) is 12.4 Å². The fourth-order valence-electron chi connectivity index (χ4n) is 5.28. The number of aryl methyl sites for hydroxylation is 1. The molecule has 0 aromatic carbocycles.